The van der Waals surface area contributed by atoms with Crippen LogP contribution in [0.15, 0.2) is 6.07 Å². The Morgan fingerprint density at radius 2 is 2.20 bits per heavy atom. The molecular formula is C18H24N4O3. The van der Waals surface area contributed by atoms with Gasteiger partial charge in [0.1, 0.15) is 11.6 Å². The van der Waals surface area contributed by atoms with E-state index in [-0.39, 0.29) is 17.9 Å². The molecule has 0 radical (unpaired) electrons. The molecule has 4 rings (SSSR count). The maximum Gasteiger partial charge on any atom is 0.260 e. The number of aromatic nitrogens is 1. The molecule has 0 bridgehead atoms. The van der Waals surface area contributed by atoms with E-state index in [2.05, 4.69) is 15.6 Å². The van der Waals surface area contributed by atoms with E-state index in [4.69, 9.17) is 4.74 Å². The Balaban J connectivity index is 1.60. The molecule has 134 valence electrons. The lowest BCUT2D eigenvalue weighted by Crippen LogP contribution is -2.59. The van der Waals surface area contributed by atoms with E-state index in [0.717, 1.165) is 43.4 Å². The summed E-state index contributed by atoms with van der Waals surface area (Å²) in [5.74, 6) is 0.123. The van der Waals surface area contributed by atoms with Crippen LogP contribution in [0.25, 0.3) is 0 Å². The molecule has 1 aliphatic heterocycles. The highest BCUT2D eigenvalue weighted by molar-refractivity contribution is 5.99. The summed E-state index contributed by atoms with van der Waals surface area (Å²) in [4.78, 5) is 31.9. The van der Waals surface area contributed by atoms with Gasteiger partial charge in [-0.3, -0.25) is 9.59 Å². The fourth-order valence-electron chi connectivity index (χ4n) is 3.62. The predicted molar refractivity (Wildman–Crippen MR) is 91.7 cm³/mol. The Hall–Kier alpha value is -2.15. The Morgan fingerprint density at radius 3 is 2.96 bits per heavy atom. The zero-order valence-electron chi connectivity index (χ0n) is 14.5. The van der Waals surface area contributed by atoms with Gasteiger partial charge >= 0.3 is 0 Å². The number of carbonyl (C=O) groups excluding carboxylic acids is 2. The number of amides is 2. The molecule has 7 heteroatoms. The SMILES string of the molecule is COc1nc2c(cc1C(=O)N1CCNC[C@H]1C(=O)NC1CC1)CCC2. The standard InChI is InChI=1S/C18H24N4O3/c1-25-17-13(9-11-3-2-4-14(11)21-17)18(24)22-8-7-19-10-15(22)16(23)20-12-5-6-12/h9,12,15,19H,2-8,10H2,1H3,(H,20,23)/t15-/m0/s1. The molecule has 2 heterocycles. The third kappa shape index (κ3) is 3.20. The predicted octanol–water partition coefficient (Wildman–Crippen LogP) is 0.272. The third-order valence-electron chi connectivity index (χ3n) is 5.17. The first-order valence-electron chi connectivity index (χ1n) is 9.06. The summed E-state index contributed by atoms with van der Waals surface area (Å²) < 4.78 is 5.38. The molecule has 1 aromatic rings. The number of methoxy groups -OCH3 is 1. The Kier molecular flexibility index (Phi) is 4.33. The van der Waals surface area contributed by atoms with Crippen molar-refractivity contribution in [3.05, 3.63) is 22.9 Å². The zero-order chi connectivity index (χ0) is 17.4. The first-order valence-corrected chi connectivity index (χ1v) is 9.06. The number of fused-ring (bicyclic) bond motifs is 1. The van der Waals surface area contributed by atoms with Gasteiger partial charge in [0.15, 0.2) is 0 Å². The lowest BCUT2D eigenvalue weighted by Gasteiger charge is -2.35. The van der Waals surface area contributed by atoms with Crippen molar-refractivity contribution in [3.8, 4) is 5.88 Å². The topological polar surface area (TPSA) is 83.6 Å². The number of aryl methyl sites for hydroxylation is 2. The lowest BCUT2D eigenvalue weighted by molar-refractivity contribution is -0.126. The van der Waals surface area contributed by atoms with Crippen LogP contribution in [0.5, 0.6) is 5.88 Å². The minimum absolute atomic E-state index is 0.0730. The van der Waals surface area contributed by atoms with Crippen molar-refractivity contribution in [1.29, 1.82) is 0 Å². The van der Waals surface area contributed by atoms with Gasteiger partial charge in [-0.25, -0.2) is 4.98 Å². The molecule has 25 heavy (non-hydrogen) atoms. The first-order chi connectivity index (χ1) is 12.2. The lowest BCUT2D eigenvalue weighted by atomic mass is 10.1. The number of hydrogen-bond acceptors (Lipinski definition) is 5. The van der Waals surface area contributed by atoms with Gasteiger partial charge in [0, 0.05) is 31.4 Å². The van der Waals surface area contributed by atoms with E-state index in [1.807, 2.05) is 6.07 Å². The van der Waals surface area contributed by atoms with Gasteiger partial charge in [-0.2, -0.15) is 0 Å². The van der Waals surface area contributed by atoms with Crippen molar-refractivity contribution in [2.75, 3.05) is 26.7 Å². The van der Waals surface area contributed by atoms with E-state index in [1.54, 1.807) is 4.90 Å². The average molecular weight is 344 g/mol. The Morgan fingerprint density at radius 1 is 1.36 bits per heavy atom. The molecule has 0 spiro atoms. The van der Waals surface area contributed by atoms with Gasteiger partial charge < -0.3 is 20.3 Å². The summed E-state index contributed by atoms with van der Waals surface area (Å²) in [5.41, 5.74) is 2.62. The van der Waals surface area contributed by atoms with Crippen molar-refractivity contribution in [2.24, 2.45) is 0 Å². The summed E-state index contributed by atoms with van der Waals surface area (Å²) in [6, 6.07) is 1.70. The van der Waals surface area contributed by atoms with E-state index in [9.17, 15) is 9.59 Å². The number of hydrogen-bond donors (Lipinski definition) is 2. The summed E-state index contributed by atoms with van der Waals surface area (Å²) in [7, 11) is 1.54. The van der Waals surface area contributed by atoms with Crippen LogP contribution in [0.1, 0.15) is 40.9 Å². The van der Waals surface area contributed by atoms with Gasteiger partial charge in [0.2, 0.25) is 11.8 Å². The molecule has 3 aliphatic rings. The normalized spacial score (nSPS) is 22.4. The number of carbonyl (C=O) groups is 2. The molecule has 7 nitrogen and oxygen atoms in total. The highest BCUT2D eigenvalue weighted by atomic mass is 16.5. The molecule has 1 saturated carbocycles. The molecule has 0 aromatic carbocycles. The smallest absolute Gasteiger partial charge is 0.260 e. The van der Waals surface area contributed by atoms with Gasteiger partial charge in [-0.05, 0) is 43.7 Å². The Labute approximate surface area is 147 Å². The summed E-state index contributed by atoms with van der Waals surface area (Å²) in [5, 5.41) is 6.22. The molecule has 2 N–H and O–H groups in total. The highest BCUT2D eigenvalue weighted by Gasteiger charge is 2.36. The number of ether oxygens (including phenoxy) is 1. The fraction of sp³-hybridized carbons (Fsp3) is 0.611. The van der Waals surface area contributed by atoms with Crippen LogP contribution in [0.3, 0.4) is 0 Å². The van der Waals surface area contributed by atoms with Crippen LogP contribution in [0, 0.1) is 0 Å². The van der Waals surface area contributed by atoms with E-state index < -0.39 is 6.04 Å². The van der Waals surface area contributed by atoms with Crippen molar-refractivity contribution >= 4 is 11.8 Å². The molecule has 2 aliphatic carbocycles. The minimum Gasteiger partial charge on any atom is -0.480 e. The number of nitrogens with zero attached hydrogens (tertiary/aromatic N) is 2. The number of nitrogens with one attached hydrogen (secondary N) is 2. The minimum atomic E-state index is -0.486. The zero-order valence-corrected chi connectivity index (χ0v) is 14.5. The van der Waals surface area contributed by atoms with Crippen LogP contribution < -0.4 is 15.4 Å². The van der Waals surface area contributed by atoms with Crippen molar-refractivity contribution in [1.82, 2.24) is 20.5 Å². The van der Waals surface area contributed by atoms with Crippen molar-refractivity contribution < 1.29 is 14.3 Å². The largest absolute Gasteiger partial charge is 0.480 e. The van der Waals surface area contributed by atoms with Gasteiger partial charge in [-0.1, -0.05) is 0 Å². The van der Waals surface area contributed by atoms with Crippen LogP contribution in [-0.4, -0.2) is 60.5 Å². The highest BCUT2D eigenvalue weighted by Crippen LogP contribution is 2.28. The van der Waals surface area contributed by atoms with Gasteiger partial charge in [0.25, 0.3) is 5.91 Å². The van der Waals surface area contributed by atoms with Crippen LogP contribution in [-0.2, 0) is 17.6 Å². The molecule has 2 fully saturated rings. The van der Waals surface area contributed by atoms with E-state index in [0.29, 0.717) is 31.1 Å². The second-order valence-electron chi connectivity index (χ2n) is 7.01. The first kappa shape index (κ1) is 16.3. The van der Waals surface area contributed by atoms with Crippen molar-refractivity contribution in [2.45, 2.75) is 44.2 Å². The second-order valence-corrected chi connectivity index (χ2v) is 7.01. The van der Waals surface area contributed by atoms with Gasteiger partial charge in [-0.15, -0.1) is 0 Å². The second kappa shape index (κ2) is 6.63. The van der Waals surface area contributed by atoms with Gasteiger partial charge in [0.05, 0.1) is 7.11 Å². The average Bonchev–Trinajstić information content (AvgIpc) is 3.33. The van der Waals surface area contributed by atoms with Crippen LogP contribution in [0.2, 0.25) is 0 Å². The van der Waals surface area contributed by atoms with E-state index in [1.165, 1.54) is 7.11 Å². The van der Waals surface area contributed by atoms with Crippen LogP contribution >= 0.6 is 0 Å². The molecule has 0 unspecified atom stereocenters. The third-order valence-corrected chi connectivity index (χ3v) is 5.17. The molecular weight excluding hydrogens is 320 g/mol. The maximum atomic E-state index is 13.2. The monoisotopic (exact) mass is 344 g/mol. The number of rotatable bonds is 4. The maximum absolute atomic E-state index is 13.2. The summed E-state index contributed by atoms with van der Waals surface area (Å²) in [6.07, 6.45) is 4.99. The van der Waals surface area contributed by atoms with E-state index >= 15 is 0 Å². The number of piperazine rings is 1. The molecule has 1 atom stereocenters. The van der Waals surface area contributed by atoms with Crippen LogP contribution in [0.4, 0.5) is 0 Å². The molecule has 1 saturated heterocycles. The Bertz CT molecular complexity index is 702. The fourth-order valence-corrected chi connectivity index (χ4v) is 3.62. The van der Waals surface area contributed by atoms with Crippen molar-refractivity contribution in [3.63, 3.8) is 0 Å². The quantitative estimate of drug-likeness (QED) is 0.819. The number of pyridine rings is 1. The summed E-state index contributed by atoms with van der Waals surface area (Å²) in [6.45, 7) is 1.66. The summed E-state index contributed by atoms with van der Waals surface area (Å²) >= 11 is 0. The molecule has 1 aromatic heterocycles. The molecule has 2 amide bonds.